The third-order valence-electron chi connectivity index (χ3n) is 3.35. The molecule has 0 atom stereocenters. The van der Waals surface area contributed by atoms with Crippen LogP contribution in [0.4, 0.5) is 4.39 Å². The number of benzene rings is 2. The third kappa shape index (κ3) is 3.81. The second kappa shape index (κ2) is 6.71. The molecule has 1 amide bonds. The van der Waals surface area contributed by atoms with Crippen molar-refractivity contribution in [1.82, 2.24) is 9.88 Å². The number of fused-ring (bicyclic) bond motifs is 1. The SMILES string of the molecule is CN(Cc1nc2ccccc2s1)C(=O)C=Cc1cccc(F)c1. The minimum atomic E-state index is -0.317. The standard InChI is InChI=1S/C18H15FN2OS/c1-21(12-17-20-15-7-2-3-8-16(15)23-17)18(22)10-9-13-5-4-6-14(19)11-13/h2-11H,12H2,1H3. The van der Waals surface area contributed by atoms with Crippen LogP contribution in [0.25, 0.3) is 16.3 Å². The minimum absolute atomic E-state index is 0.145. The number of nitrogens with zero attached hydrogens (tertiary/aromatic N) is 2. The Morgan fingerprint density at radius 1 is 1.26 bits per heavy atom. The van der Waals surface area contributed by atoms with Gasteiger partial charge in [0.15, 0.2) is 0 Å². The molecule has 0 bridgehead atoms. The molecule has 0 aliphatic rings. The maximum absolute atomic E-state index is 13.1. The molecule has 0 saturated heterocycles. The lowest BCUT2D eigenvalue weighted by Gasteiger charge is -2.12. The summed E-state index contributed by atoms with van der Waals surface area (Å²) in [5.74, 6) is -0.462. The molecule has 0 unspecified atom stereocenters. The van der Waals surface area contributed by atoms with Crippen LogP contribution in [0.1, 0.15) is 10.6 Å². The summed E-state index contributed by atoms with van der Waals surface area (Å²) in [7, 11) is 1.73. The first-order chi connectivity index (χ1) is 11.1. The van der Waals surface area contributed by atoms with Crippen LogP contribution in [0.3, 0.4) is 0 Å². The summed E-state index contributed by atoms with van der Waals surface area (Å²) in [6, 6.07) is 14.0. The summed E-state index contributed by atoms with van der Waals surface area (Å²) < 4.78 is 14.2. The molecule has 0 N–H and O–H groups in total. The average Bonchev–Trinajstić information content (AvgIpc) is 2.94. The van der Waals surface area contributed by atoms with E-state index in [-0.39, 0.29) is 11.7 Å². The molecule has 5 heteroatoms. The number of carbonyl (C=O) groups is 1. The fourth-order valence-electron chi connectivity index (χ4n) is 2.17. The number of aromatic nitrogens is 1. The predicted molar refractivity (Wildman–Crippen MR) is 91.5 cm³/mol. The smallest absolute Gasteiger partial charge is 0.246 e. The number of carbonyl (C=O) groups excluding carboxylic acids is 1. The van der Waals surface area contributed by atoms with Gasteiger partial charge in [-0.05, 0) is 35.9 Å². The first kappa shape index (κ1) is 15.4. The highest BCUT2D eigenvalue weighted by atomic mass is 32.1. The Morgan fingerprint density at radius 2 is 2.09 bits per heavy atom. The van der Waals surface area contributed by atoms with Crippen LogP contribution in [0, 0.1) is 5.82 Å². The van der Waals surface area contributed by atoms with Crippen molar-refractivity contribution in [3.05, 3.63) is 71.0 Å². The number of rotatable bonds is 4. The van der Waals surface area contributed by atoms with Gasteiger partial charge in [-0.3, -0.25) is 4.79 Å². The van der Waals surface area contributed by atoms with Gasteiger partial charge in [-0.1, -0.05) is 24.3 Å². The summed E-state index contributed by atoms with van der Waals surface area (Å²) in [6.45, 7) is 0.450. The first-order valence-electron chi connectivity index (χ1n) is 7.15. The van der Waals surface area contributed by atoms with Crippen molar-refractivity contribution in [2.24, 2.45) is 0 Å². The van der Waals surface area contributed by atoms with Crippen molar-refractivity contribution in [3.8, 4) is 0 Å². The van der Waals surface area contributed by atoms with Crippen LogP contribution in [-0.4, -0.2) is 22.8 Å². The van der Waals surface area contributed by atoms with E-state index < -0.39 is 0 Å². The van der Waals surface area contributed by atoms with Gasteiger partial charge in [0.25, 0.3) is 0 Å². The Balaban J connectivity index is 1.67. The van der Waals surface area contributed by atoms with Gasteiger partial charge in [-0.25, -0.2) is 9.37 Å². The molecule has 116 valence electrons. The van der Waals surface area contributed by atoms with E-state index >= 15 is 0 Å². The van der Waals surface area contributed by atoms with Crippen LogP contribution in [-0.2, 0) is 11.3 Å². The Kier molecular flexibility index (Phi) is 4.48. The number of halogens is 1. The van der Waals surface area contributed by atoms with E-state index in [0.717, 1.165) is 15.2 Å². The third-order valence-corrected chi connectivity index (χ3v) is 4.38. The largest absolute Gasteiger partial charge is 0.335 e. The number of para-hydroxylation sites is 1. The molecule has 1 heterocycles. The first-order valence-corrected chi connectivity index (χ1v) is 7.97. The summed E-state index contributed by atoms with van der Waals surface area (Å²) in [5.41, 5.74) is 1.61. The van der Waals surface area contributed by atoms with Gasteiger partial charge in [-0.2, -0.15) is 0 Å². The van der Waals surface area contributed by atoms with Gasteiger partial charge in [0.05, 0.1) is 16.8 Å². The number of hydrogen-bond donors (Lipinski definition) is 0. The summed E-state index contributed by atoms with van der Waals surface area (Å²) >= 11 is 1.58. The highest BCUT2D eigenvalue weighted by Crippen LogP contribution is 2.22. The molecule has 0 radical (unpaired) electrons. The van der Waals surface area contributed by atoms with E-state index in [1.807, 2.05) is 24.3 Å². The summed E-state index contributed by atoms with van der Waals surface area (Å²) in [4.78, 5) is 18.2. The van der Waals surface area contributed by atoms with Crippen molar-refractivity contribution in [2.75, 3.05) is 7.05 Å². The molecule has 1 aromatic heterocycles. The number of hydrogen-bond acceptors (Lipinski definition) is 3. The van der Waals surface area contributed by atoms with Crippen molar-refractivity contribution >= 4 is 33.5 Å². The van der Waals surface area contributed by atoms with E-state index in [0.29, 0.717) is 12.1 Å². The van der Waals surface area contributed by atoms with Crippen LogP contribution in [0.5, 0.6) is 0 Å². The molecule has 0 aliphatic carbocycles. The Labute approximate surface area is 137 Å². The van der Waals surface area contributed by atoms with Crippen molar-refractivity contribution in [2.45, 2.75) is 6.54 Å². The van der Waals surface area contributed by atoms with E-state index in [4.69, 9.17) is 0 Å². The molecular formula is C18H15FN2OS. The maximum atomic E-state index is 13.1. The highest BCUT2D eigenvalue weighted by molar-refractivity contribution is 7.18. The van der Waals surface area contributed by atoms with Crippen LogP contribution in [0.2, 0.25) is 0 Å². The van der Waals surface area contributed by atoms with Gasteiger partial charge in [-0.15, -0.1) is 11.3 Å². The lowest BCUT2D eigenvalue weighted by atomic mass is 10.2. The van der Waals surface area contributed by atoms with E-state index in [1.165, 1.54) is 18.2 Å². The molecular weight excluding hydrogens is 311 g/mol. The number of likely N-dealkylation sites (N-methyl/N-ethyl adjacent to an activating group) is 1. The molecule has 3 nitrogen and oxygen atoms in total. The highest BCUT2D eigenvalue weighted by Gasteiger charge is 2.09. The van der Waals surface area contributed by atoms with Crippen LogP contribution < -0.4 is 0 Å². The molecule has 0 aliphatic heterocycles. The lowest BCUT2D eigenvalue weighted by molar-refractivity contribution is -0.125. The van der Waals surface area contributed by atoms with Gasteiger partial charge in [0.1, 0.15) is 10.8 Å². The quantitative estimate of drug-likeness (QED) is 0.676. The molecule has 23 heavy (non-hydrogen) atoms. The Hall–Kier alpha value is -2.53. The molecule has 0 saturated carbocycles. The fourth-order valence-corrected chi connectivity index (χ4v) is 3.19. The Morgan fingerprint density at radius 3 is 2.87 bits per heavy atom. The minimum Gasteiger partial charge on any atom is -0.335 e. The van der Waals surface area contributed by atoms with Gasteiger partial charge < -0.3 is 4.90 Å². The van der Waals surface area contributed by atoms with Gasteiger partial charge in [0, 0.05) is 13.1 Å². The van der Waals surface area contributed by atoms with Crippen molar-refractivity contribution in [1.29, 1.82) is 0 Å². The molecule has 2 aromatic carbocycles. The summed E-state index contributed by atoms with van der Waals surface area (Å²) in [5, 5.41) is 0.890. The molecule has 0 spiro atoms. The average molecular weight is 326 g/mol. The van der Waals surface area contributed by atoms with Crippen molar-refractivity contribution in [3.63, 3.8) is 0 Å². The van der Waals surface area contributed by atoms with E-state index in [9.17, 15) is 9.18 Å². The van der Waals surface area contributed by atoms with Crippen LogP contribution >= 0.6 is 11.3 Å². The van der Waals surface area contributed by atoms with Gasteiger partial charge in [0.2, 0.25) is 5.91 Å². The zero-order valence-corrected chi connectivity index (χ0v) is 13.4. The zero-order chi connectivity index (χ0) is 16.2. The van der Waals surface area contributed by atoms with E-state index in [2.05, 4.69) is 4.98 Å². The number of thiazole rings is 1. The second-order valence-electron chi connectivity index (χ2n) is 5.16. The summed E-state index contributed by atoms with van der Waals surface area (Å²) in [6.07, 6.45) is 3.06. The maximum Gasteiger partial charge on any atom is 0.246 e. The van der Waals surface area contributed by atoms with Crippen molar-refractivity contribution < 1.29 is 9.18 Å². The van der Waals surface area contributed by atoms with Crippen LogP contribution in [0.15, 0.2) is 54.6 Å². The normalized spacial score (nSPS) is 11.2. The topological polar surface area (TPSA) is 33.2 Å². The predicted octanol–water partition coefficient (Wildman–Crippen LogP) is 4.11. The molecule has 3 rings (SSSR count). The van der Waals surface area contributed by atoms with Gasteiger partial charge >= 0.3 is 0 Å². The zero-order valence-electron chi connectivity index (χ0n) is 12.6. The Bertz CT molecular complexity index is 839. The second-order valence-corrected chi connectivity index (χ2v) is 6.27. The molecule has 3 aromatic rings. The monoisotopic (exact) mass is 326 g/mol. The number of amides is 1. The lowest BCUT2D eigenvalue weighted by Crippen LogP contribution is -2.23. The molecule has 0 fully saturated rings. The fraction of sp³-hybridized carbons (Fsp3) is 0.111. The van der Waals surface area contributed by atoms with E-state index in [1.54, 1.807) is 41.5 Å².